The van der Waals surface area contributed by atoms with E-state index in [4.69, 9.17) is 0 Å². The smallest absolute Gasteiger partial charge is 0.286 e. The maximum Gasteiger partial charge on any atom is 0.430 e. The van der Waals surface area contributed by atoms with Crippen molar-refractivity contribution in [1.82, 2.24) is 5.32 Å². The second-order valence-corrected chi connectivity index (χ2v) is 1.35. The van der Waals surface area contributed by atoms with Crippen molar-refractivity contribution in [3.63, 3.8) is 0 Å². The Kier molecular flexibility index (Phi) is 2.89. The number of alkyl halides is 3. The predicted molar refractivity (Wildman–Crippen MR) is 24.2 cm³/mol. The second kappa shape index (κ2) is 3.00. The minimum atomic E-state index is -4.44. The molecular formula is C3H7F3N2O. The molecule has 0 aromatic heterocycles. The van der Waals surface area contributed by atoms with Gasteiger partial charge in [-0.2, -0.15) is 13.2 Å². The summed E-state index contributed by atoms with van der Waals surface area (Å²) in [4.78, 5) is 3.53. The van der Waals surface area contributed by atoms with Gasteiger partial charge in [0.15, 0.2) is 0 Å². The molecule has 0 aliphatic carbocycles. The van der Waals surface area contributed by atoms with Crippen LogP contribution in [0.5, 0.6) is 0 Å². The van der Waals surface area contributed by atoms with Gasteiger partial charge in [-0.15, -0.1) is 0 Å². The zero-order valence-corrected chi connectivity index (χ0v) is 4.70. The minimum Gasteiger partial charge on any atom is -0.286 e. The van der Waals surface area contributed by atoms with E-state index in [0.29, 0.717) is 0 Å². The quantitative estimate of drug-likeness (QED) is 0.423. The van der Waals surface area contributed by atoms with Gasteiger partial charge in [0.25, 0.3) is 0 Å². The highest BCUT2D eigenvalue weighted by molar-refractivity contribution is 4.59. The monoisotopic (exact) mass is 144 g/mol. The fourth-order valence-corrected chi connectivity index (χ4v) is 0.309. The number of nitrogens with one attached hydrogen (secondary N) is 1. The molecule has 0 aromatic rings. The van der Waals surface area contributed by atoms with E-state index in [1.54, 1.807) is 0 Å². The van der Waals surface area contributed by atoms with Gasteiger partial charge < -0.3 is 0 Å². The summed E-state index contributed by atoms with van der Waals surface area (Å²) in [6.07, 6.45) is -6.51. The zero-order chi connectivity index (χ0) is 7.49. The van der Waals surface area contributed by atoms with Gasteiger partial charge in [-0.25, -0.2) is 5.90 Å². The summed E-state index contributed by atoms with van der Waals surface area (Å²) in [6.45, 7) is 0. The first kappa shape index (κ1) is 8.67. The lowest BCUT2D eigenvalue weighted by molar-refractivity contribution is -0.230. The Morgan fingerprint density at radius 1 is 1.56 bits per heavy atom. The van der Waals surface area contributed by atoms with Crippen LogP contribution >= 0.6 is 0 Å². The maximum atomic E-state index is 11.5. The summed E-state index contributed by atoms with van der Waals surface area (Å²) in [7, 11) is 1.10. The van der Waals surface area contributed by atoms with Crippen molar-refractivity contribution < 1.29 is 18.0 Å². The van der Waals surface area contributed by atoms with Crippen LogP contribution < -0.4 is 11.2 Å². The van der Waals surface area contributed by atoms with Crippen molar-refractivity contribution in [3.05, 3.63) is 0 Å². The normalized spacial score (nSPS) is 15.7. The first-order valence-electron chi connectivity index (χ1n) is 2.12. The van der Waals surface area contributed by atoms with Gasteiger partial charge in [0.05, 0.1) is 0 Å². The predicted octanol–water partition coefficient (Wildman–Crippen LogP) is -0.0155. The molecule has 0 radical (unpaired) electrons. The van der Waals surface area contributed by atoms with E-state index in [-0.39, 0.29) is 0 Å². The molecule has 3 nitrogen and oxygen atoms in total. The number of nitrogens with two attached hydrogens (primary N) is 1. The summed E-state index contributed by atoms with van der Waals surface area (Å²) >= 11 is 0. The molecule has 1 atom stereocenters. The van der Waals surface area contributed by atoms with E-state index in [1.807, 2.05) is 5.32 Å². The zero-order valence-electron chi connectivity index (χ0n) is 4.70. The fraction of sp³-hybridized carbons (Fsp3) is 1.00. The Labute approximate surface area is 49.9 Å². The van der Waals surface area contributed by atoms with Gasteiger partial charge in [0, 0.05) is 0 Å². The van der Waals surface area contributed by atoms with Gasteiger partial charge in [-0.3, -0.25) is 10.2 Å². The highest BCUT2D eigenvalue weighted by atomic mass is 19.4. The van der Waals surface area contributed by atoms with Crippen molar-refractivity contribution in [2.24, 2.45) is 5.90 Å². The van der Waals surface area contributed by atoms with Gasteiger partial charge in [-0.05, 0) is 7.05 Å². The largest absolute Gasteiger partial charge is 0.430 e. The third-order valence-electron chi connectivity index (χ3n) is 0.696. The van der Waals surface area contributed by atoms with Gasteiger partial charge in [0.2, 0.25) is 6.23 Å². The van der Waals surface area contributed by atoms with Crippen molar-refractivity contribution in [2.75, 3.05) is 7.05 Å². The van der Waals surface area contributed by atoms with Crippen LogP contribution in [0.4, 0.5) is 13.2 Å². The van der Waals surface area contributed by atoms with Crippen LogP contribution in [0.25, 0.3) is 0 Å². The molecule has 9 heavy (non-hydrogen) atoms. The molecule has 3 N–H and O–H groups in total. The SMILES string of the molecule is CNC(ON)C(F)(F)F. The maximum absolute atomic E-state index is 11.5. The molecule has 0 aliphatic rings. The second-order valence-electron chi connectivity index (χ2n) is 1.35. The Morgan fingerprint density at radius 2 is 2.00 bits per heavy atom. The molecule has 0 aliphatic heterocycles. The molecule has 0 bridgehead atoms. The molecular weight excluding hydrogens is 137 g/mol. The lowest BCUT2D eigenvalue weighted by Gasteiger charge is -2.15. The van der Waals surface area contributed by atoms with Gasteiger partial charge in [0.1, 0.15) is 0 Å². The third kappa shape index (κ3) is 2.64. The van der Waals surface area contributed by atoms with Crippen LogP contribution in [0.15, 0.2) is 0 Å². The molecule has 0 rings (SSSR count). The van der Waals surface area contributed by atoms with E-state index in [2.05, 4.69) is 10.7 Å². The van der Waals surface area contributed by atoms with Crippen molar-refractivity contribution in [1.29, 1.82) is 0 Å². The average molecular weight is 144 g/mol. The number of hydrogen-bond acceptors (Lipinski definition) is 3. The lowest BCUT2D eigenvalue weighted by atomic mass is 10.6. The van der Waals surface area contributed by atoms with Crippen LogP contribution in [0.1, 0.15) is 0 Å². The topological polar surface area (TPSA) is 47.3 Å². The summed E-state index contributed by atoms with van der Waals surface area (Å²) in [5.74, 6) is 4.29. The number of halogens is 3. The third-order valence-corrected chi connectivity index (χ3v) is 0.696. The summed E-state index contributed by atoms with van der Waals surface area (Å²) in [5.41, 5.74) is 0. The number of hydrogen-bond donors (Lipinski definition) is 2. The van der Waals surface area contributed by atoms with E-state index in [1.165, 1.54) is 0 Å². The highest BCUT2D eigenvalue weighted by Crippen LogP contribution is 2.18. The molecule has 0 saturated carbocycles. The summed E-state index contributed by atoms with van der Waals surface area (Å²) < 4.78 is 34.4. The van der Waals surface area contributed by atoms with Crippen LogP contribution in [-0.4, -0.2) is 19.5 Å². The summed E-state index contributed by atoms with van der Waals surface area (Å²) in [6, 6.07) is 0. The standard InChI is InChI=1S/C3H7F3N2O/c1-8-2(9-7)3(4,5)6/h2,8H,7H2,1H3. The summed E-state index contributed by atoms with van der Waals surface area (Å²) in [5, 5.41) is 1.82. The minimum absolute atomic E-state index is 1.10. The lowest BCUT2D eigenvalue weighted by Crippen LogP contribution is -2.43. The van der Waals surface area contributed by atoms with Crippen LogP contribution in [-0.2, 0) is 4.84 Å². The average Bonchev–Trinajstić information content (AvgIpc) is 1.65. The van der Waals surface area contributed by atoms with E-state index in [0.717, 1.165) is 7.05 Å². The Bertz CT molecular complexity index is 79.6. The Balaban J connectivity index is 3.79. The van der Waals surface area contributed by atoms with Crippen molar-refractivity contribution in [3.8, 4) is 0 Å². The van der Waals surface area contributed by atoms with Crippen molar-refractivity contribution in [2.45, 2.75) is 12.4 Å². The molecule has 6 heteroatoms. The fourth-order valence-electron chi connectivity index (χ4n) is 0.309. The van der Waals surface area contributed by atoms with Crippen molar-refractivity contribution >= 4 is 0 Å². The first-order chi connectivity index (χ1) is 4.02. The Hall–Kier alpha value is -0.330. The van der Waals surface area contributed by atoms with Crippen LogP contribution in [0.3, 0.4) is 0 Å². The van der Waals surface area contributed by atoms with E-state index >= 15 is 0 Å². The molecule has 0 spiro atoms. The molecule has 56 valence electrons. The van der Waals surface area contributed by atoms with Gasteiger partial charge >= 0.3 is 6.18 Å². The first-order valence-corrected chi connectivity index (χ1v) is 2.12. The number of rotatable bonds is 2. The molecule has 0 heterocycles. The molecule has 0 aromatic carbocycles. The molecule has 0 amide bonds. The van der Waals surface area contributed by atoms with E-state index < -0.39 is 12.4 Å². The molecule has 0 saturated heterocycles. The highest BCUT2D eigenvalue weighted by Gasteiger charge is 2.39. The molecule has 0 fully saturated rings. The van der Waals surface area contributed by atoms with E-state index in [9.17, 15) is 13.2 Å². The van der Waals surface area contributed by atoms with Gasteiger partial charge in [-0.1, -0.05) is 0 Å². The van der Waals surface area contributed by atoms with Crippen LogP contribution in [0, 0.1) is 0 Å². The Morgan fingerprint density at radius 3 is 2.00 bits per heavy atom. The molecule has 1 unspecified atom stereocenters. The van der Waals surface area contributed by atoms with Crippen LogP contribution in [0.2, 0.25) is 0 Å².